The molecule has 1 N–H and O–H groups in total. The highest BCUT2D eigenvalue weighted by Crippen LogP contribution is 2.22. The van der Waals surface area contributed by atoms with Crippen LogP contribution in [0.1, 0.15) is 32.6 Å². The number of hydrogen-bond donors (Lipinski definition) is 1. The minimum absolute atomic E-state index is 0.0765. The molecule has 0 unspecified atom stereocenters. The van der Waals surface area contributed by atoms with Crippen molar-refractivity contribution in [1.29, 1.82) is 0 Å². The second-order valence-electron chi connectivity index (χ2n) is 5.65. The van der Waals surface area contributed by atoms with Gasteiger partial charge in [-0.1, -0.05) is 6.07 Å². The van der Waals surface area contributed by atoms with E-state index in [9.17, 15) is 4.79 Å². The summed E-state index contributed by atoms with van der Waals surface area (Å²) >= 11 is 1.53. The highest BCUT2D eigenvalue weighted by Gasteiger charge is 2.17. The second kappa shape index (κ2) is 9.06. The van der Waals surface area contributed by atoms with E-state index in [1.165, 1.54) is 18.2 Å². The molecular weight excluding hydrogens is 298 g/mol. The van der Waals surface area contributed by atoms with Crippen molar-refractivity contribution < 1.29 is 14.3 Å². The van der Waals surface area contributed by atoms with Gasteiger partial charge in [0.05, 0.1) is 19.0 Å². The first-order valence-corrected chi connectivity index (χ1v) is 8.83. The predicted octanol–water partition coefficient (Wildman–Crippen LogP) is 3.25. The van der Waals surface area contributed by atoms with Crippen molar-refractivity contribution in [2.24, 2.45) is 0 Å². The second-order valence-corrected chi connectivity index (χ2v) is 6.70. The Balaban J connectivity index is 1.65. The van der Waals surface area contributed by atoms with Gasteiger partial charge in [0.25, 0.3) is 0 Å². The first kappa shape index (κ1) is 17.2. The Morgan fingerprint density at radius 1 is 1.55 bits per heavy atom. The molecule has 0 radical (unpaired) electrons. The van der Waals surface area contributed by atoms with Gasteiger partial charge in [0.1, 0.15) is 5.75 Å². The zero-order chi connectivity index (χ0) is 15.8. The molecule has 1 fully saturated rings. The van der Waals surface area contributed by atoms with Crippen LogP contribution in [-0.2, 0) is 9.53 Å². The number of rotatable bonds is 8. The topological polar surface area (TPSA) is 47.6 Å². The minimum Gasteiger partial charge on any atom is -0.497 e. The molecule has 1 aliphatic rings. The summed E-state index contributed by atoms with van der Waals surface area (Å²) in [5.74, 6) is 1.32. The lowest BCUT2D eigenvalue weighted by molar-refractivity contribution is -0.119. The normalized spacial score (nSPS) is 18.9. The molecule has 4 nitrogen and oxygen atoms in total. The maximum atomic E-state index is 12.0. The zero-order valence-electron chi connectivity index (χ0n) is 13.3. The largest absolute Gasteiger partial charge is 0.497 e. The summed E-state index contributed by atoms with van der Waals surface area (Å²) < 4.78 is 10.8. The minimum atomic E-state index is 0.0765. The maximum Gasteiger partial charge on any atom is 0.230 e. The van der Waals surface area contributed by atoms with Crippen LogP contribution in [0.3, 0.4) is 0 Å². The number of hydrogen-bond acceptors (Lipinski definition) is 4. The lowest BCUT2D eigenvalue weighted by Gasteiger charge is -2.16. The lowest BCUT2D eigenvalue weighted by atomic mass is 10.1. The summed E-state index contributed by atoms with van der Waals surface area (Å²) in [6.45, 7) is 2.95. The highest BCUT2D eigenvalue weighted by molar-refractivity contribution is 8.00. The van der Waals surface area contributed by atoms with E-state index in [2.05, 4.69) is 12.2 Å². The van der Waals surface area contributed by atoms with Crippen LogP contribution in [0, 0.1) is 0 Å². The maximum absolute atomic E-state index is 12.0. The van der Waals surface area contributed by atoms with E-state index >= 15 is 0 Å². The van der Waals surface area contributed by atoms with Crippen molar-refractivity contribution in [3.8, 4) is 5.75 Å². The van der Waals surface area contributed by atoms with Gasteiger partial charge in [-0.25, -0.2) is 0 Å². The van der Waals surface area contributed by atoms with Gasteiger partial charge in [-0.05, 0) is 50.8 Å². The first-order valence-electron chi connectivity index (χ1n) is 7.85. The third-order valence-corrected chi connectivity index (χ3v) is 4.76. The number of benzene rings is 1. The van der Waals surface area contributed by atoms with E-state index in [-0.39, 0.29) is 11.9 Å². The van der Waals surface area contributed by atoms with Crippen LogP contribution in [-0.4, -0.2) is 37.5 Å². The van der Waals surface area contributed by atoms with E-state index in [0.717, 1.165) is 36.5 Å². The number of carbonyl (C=O) groups excluding carboxylic acids is 1. The highest BCUT2D eigenvalue weighted by atomic mass is 32.2. The van der Waals surface area contributed by atoms with Crippen molar-refractivity contribution >= 4 is 17.7 Å². The van der Waals surface area contributed by atoms with E-state index in [1.54, 1.807) is 7.11 Å². The molecule has 1 aromatic rings. The Labute approximate surface area is 137 Å². The Hall–Kier alpha value is -1.20. The first-order chi connectivity index (χ1) is 10.7. The fourth-order valence-corrected chi connectivity index (χ4v) is 3.29. The van der Waals surface area contributed by atoms with Crippen LogP contribution in [0.4, 0.5) is 0 Å². The van der Waals surface area contributed by atoms with Crippen molar-refractivity contribution in [1.82, 2.24) is 5.32 Å². The quantitative estimate of drug-likeness (QED) is 0.746. The van der Waals surface area contributed by atoms with Gasteiger partial charge in [-0.15, -0.1) is 11.8 Å². The summed E-state index contributed by atoms with van der Waals surface area (Å²) in [5, 5.41) is 3.06. The summed E-state index contributed by atoms with van der Waals surface area (Å²) in [5.41, 5.74) is 0. The van der Waals surface area contributed by atoms with Gasteiger partial charge in [-0.3, -0.25) is 4.79 Å². The SMILES string of the molecule is COc1cccc(SCC(=O)N[C@@H](C)CC[C@@H]2CCCO2)c1. The summed E-state index contributed by atoms with van der Waals surface area (Å²) in [6, 6.07) is 7.96. The molecule has 22 heavy (non-hydrogen) atoms. The fraction of sp³-hybridized carbons (Fsp3) is 0.588. The summed E-state index contributed by atoms with van der Waals surface area (Å²) in [7, 11) is 1.65. The summed E-state index contributed by atoms with van der Waals surface area (Å²) in [6.07, 6.45) is 4.73. The molecule has 0 saturated carbocycles. The number of ether oxygens (including phenoxy) is 2. The smallest absolute Gasteiger partial charge is 0.230 e. The third kappa shape index (κ3) is 5.89. The molecule has 1 aliphatic heterocycles. The monoisotopic (exact) mass is 323 g/mol. The number of thioether (sulfide) groups is 1. The van der Waals surface area contributed by atoms with Gasteiger partial charge >= 0.3 is 0 Å². The van der Waals surface area contributed by atoms with E-state index in [4.69, 9.17) is 9.47 Å². The molecular formula is C17H25NO3S. The van der Waals surface area contributed by atoms with Gasteiger partial charge in [0.15, 0.2) is 0 Å². The van der Waals surface area contributed by atoms with Crippen LogP contribution in [0.15, 0.2) is 29.2 Å². The van der Waals surface area contributed by atoms with Gasteiger partial charge in [-0.2, -0.15) is 0 Å². The number of amides is 1. The van der Waals surface area contributed by atoms with Crippen molar-refractivity contribution in [2.75, 3.05) is 19.5 Å². The Kier molecular flexibility index (Phi) is 7.06. The van der Waals surface area contributed by atoms with Crippen LogP contribution in [0.5, 0.6) is 5.75 Å². The van der Waals surface area contributed by atoms with Gasteiger partial charge in [0, 0.05) is 17.5 Å². The molecule has 1 amide bonds. The molecule has 5 heteroatoms. The summed E-state index contributed by atoms with van der Waals surface area (Å²) in [4.78, 5) is 13.0. The fourth-order valence-electron chi connectivity index (χ4n) is 2.54. The van der Waals surface area contributed by atoms with E-state index in [1.807, 2.05) is 24.3 Å². The van der Waals surface area contributed by atoms with Crippen LogP contribution < -0.4 is 10.1 Å². The van der Waals surface area contributed by atoms with Crippen molar-refractivity contribution in [3.63, 3.8) is 0 Å². The van der Waals surface area contributed by atoms with Crippen molar-refractivity contribution in [2.45, 2.75) is 49.6 Å². The molecule has 1 heterocycles. The Morgan fingerprint density at radius 2 is 2.41 bits per heavy atom. The number of methoxy groups -OCH3 is 1. The molecule has 0 bridgehead atoms. The van der Waals surface area contributed by atoms with Crippen LogP contribution in [0.2, 0.25) is 0 Å². The molecule has 0 spiro atoms. The van der Waals surface area contributed by atoms with Gasteiger partial charge in [0.2, 0.25) is 5.91 Å². The van der Waals surface area contributed by atoms with Crippen LogP contribution >= 0.6 is 11.8 Å². The average molecular weight is 323 g/mol. The standard InChI is InChI=1S/C17H25NO3S/c1-13(8-9-14-6-4-10-21-14)18-17(19)12-22-16-7-3-5-15(11-16)20-2/h3,5,7,11,13-14H,4,6,8-10,12H2,1-2H3,(H,18,19)/t13-,14-/m0/s1. The van der Waals surface area contributed by atoms with Crippen LogP contribution in [0.25, 0.3) is 0 Å². The van der Waals surface area contributed by atoms with E-state index < -0.39 is 0 Å². The molecule has 1 saturated heterocycles. The van der Waals surface area contributed by atoms with Crippen molar-refractivity contribution in [3.05, 3.63) is 24.3 Å². The molecule has 2 atom stereocenters. The average Bonchev–Trinajstić information content (AvgIpc) is 3.04. The molecule has 2 rings (SSSR count). The lowest BCUT2D eigenvalue weighted by Crippen LogP contribution is -2.34. The molecule has 0 aliphatic carbocycles. The number of carbonyl (C=O) groups is 1. The molecule has 1 aromatic carbocycles. The van der Waals surface area contributed by atoms with E-state index in [0.29, 0.717) is 11.9 Å². The third-order valence-electron chi connectivity index (χ3n) is 3.76. The molecule has 122 valence electrons. The zero-order valence-corrected chi connectivity index (χ0v) is 14.2. The number of nitrogens with one attached hydrogen (secondary N) is 1. The predicted molar refractivity (Wildman–Crippen MR) is 89.5 cm³/mol. The Morgan fingerprint density at radius 3 is 3.14 bits per heavy atom. The Bertz CT molecular complexity index is 475. The molecule has 0 aromatic heterocycles. The van der Waals surface area contributed by atoms with Gasteiger partial charge < -0.3 is 14.8 Å².